The van der Waals surface area contributed by atoms with Gasteiger partial charge >= 0.3 is 0 Å². The lowest BCUT2D eigenvalue weighted by molar-refractivity contribution is 0.232. The predicted molar refractivity (Wildman–Crippen MR) is 117 cm³/mol. The maximum Gasteiger partial charge on any atom is 0.122 e. The van der Waals surface area contributed by atoms with Crippen LogP contribution in [-0.4, -0.2) is 31.1 Å². The topological polar surface area (TPSA) is 12.5 Å². The highest BCUT2D eigenvalue weighted by molar-refractivity contribution is 5.66. The summed E-state index contributed by atoms with van der Waals surface area (Å²) in [4.78, 5) is 2.47. The molecule has 1 heterocycles. The van der Waals surface area contributed by atoms with E-state index >= 15 is 0 Å². The van der Waals surface area contributed by atoms with Crippen molar-refractivity contribution in [1.29, 1.82) is 0 Å². The fourth-order valence-electron chi connectivity index (χ4n) is 4.13. The molecule has 0 aromatic heterocycles. The third-order valence-corrected chi connectivity index (χ3v) is 5.79. The van der Waals surface area contributed by atoms with E-state index in [4.69, 9.17) is 4.74 Å². The average Bonchev–Trinajstić information content (AvgIpc) is 3.15. The third-order valence-electron chi connectivity index (χ3n) is 5.79. The van der Waals surface area contributed by atoms with Gasteiger partial charge in [0.2, 0.25) is 0 Å². The van der Waals surface area contributed by atoms with E-state index in [9.17, 15) is 0 Å². The zero-order chi connectivity index (χ0) is 19.2. The van der Waals surface area contributed by atoms with E-state index in [1.807, 2.05) is 0 Å². The van der Waals surface area contributed by atoms with Crippen molar-refractivity contribution in [1.82, 2.24) is 4.90 Å². The fourth-order valence-corrected chi connectivity index (χ4v) is 4.13. The molecule has 3 aromatic rings. The standard InChI is InChI=1S/C26H29NO/c1-27-17-8-13-25(27)16-18-28-26-15-14-23(22-11-6-3-7-12-22)20-24(26)19-21-9-4-2-5-10-21/h2-7,9-12,14-15,20,25H,8,13,16-19H2,1H3. The molecule has 1 aliphatic rings. The van der Waals surface area contributed by atoms with Gasteiger partial charge in [-0.3, -0.25) is 0 Å². The molecule has 0 saturated carbocycles. The molecule has 0 radical (unpaired) electrons. The van der Waals surface area contributed by atoms with Gasteiger partial charge < -0.3 is 9.64 Å². The molecule has 1 saturated heterocycles. The predicted octanol–water partition coefficient (Wildman–Crippen LogP) is 5.81. The van der Waals surface area contributed by atoms with Gasteiger partial charge in [-0.1, -0.05) is 66.7 Å². The van der Waals surface area contributed by atoms with Gasteiger partial charge in [-0.05, 0) is 67.2 Å². The summed E-state index contributed by atoms with van der Waals surface area (Å²) >= 11 is 0. The molecular formula is C26H29NO. The van der Waals surface area contributed by atoms with Crippen molar-refractivity contribution in [2.24, 2.45) is 0 Å². The Balaban J connectivity index is 1.53. The summed E-state index contributed by atoms with van der Waals surface area (Å²) in [6, 6.07) is 28.5. The molecule has 2 heteroatoms. The van der Waals surface area contributed by atoms with E-state index < -0.39 is 0 Å². The third kappa shape index (κ3) is 4.63. The number of ether oxygens (including phenoxy) is 1. The zero-order valence-electron chi connectivity index (χ0n) is 16.7. The average molecular weight is 372 g/mol. The van der Waals surface area contributed by atoms with E-state index in [0.29, 0.717) is 6.04 Å². The van der Waals surface area contributed by atoms with Crippen molar-refractivity contribution < 1.29 is 4.74 Å². The summed E-state index contributed by atoms with van der Waals surface area (Å²) < 4.78 is 6.28. The summed E-state index contributed by atoms with van der Waals surface area (Å²) in [7, 11) is 2.23. The highest BCUT2D eigenvalue weighted by Crippen LogP contribution is 2.29. The number of hydrogen-bond acceptors (Lipinski definition) is 2. The maximum atomic E-state index is 6.28. The lowest BCUT2D eigenvalue weighted by atomic mass is 9.98. The van der Waals surface area contributed by atoms with Crippen LogP contribution in [0.15, 0.2) is 78.9 Å². The Hall–Kier alpha value is -2.58. The molecule has 1 fully saturated rings. The first-order valence-electron chi connectivity index (χ1n) is 10.3. The van der Waals surface area contributed by atoms with Gasteiger partial charge in [0.1, 0.15) is 5.75 Å². The van der Waals surface area contributed by atoms with Crippen LogP contribution in [0.5, 0.6) is 5.75 Å². The molecule has 144 valence electrons. The molecule has 3 aromatic carbocycles. The number of benzene rings is 3. The van der Waals surface area contributed by atoms with Gasteiger partial charge in [0.15, 0.2) is 0 Å². The van der Waals surface area contributed by atoms with Crippen LogP contribution in [0.25, 0.3) is 11.1 Å². The maximum absolute atomic E-state index is 6.28. The molecule has 0 spiro atoms. The summed E-state index contributed by atoms with van der Waals surface area (Å²) in [6.07, 6.45) is 4.60. The summed E-state index contributed by atoms with van der Waals surface area (Å²) in [5, 5.41) is 0. The summed E-state index contributed by atoms with van der Waals surface area (Å²) in [5.74, 6) is 1.02. The molecule has 1 unspecified atom stereocenters. The smallest absolute Gasteiger partial charge is 0.122 e. The number of nitrogens with zero attached hydrogens (tertiary/aromatic N) is 1. The van der Waals surface area contributed by atoms with Crippen molar-refractivity contribution in [2.45, 2.75) is 31.7 Å². The van der Waals surface area contributed by atoms with Crippen LogP contribution in [0.4, 0.5) is 0 Å². The highest BCUT2D eigenvalue weighted by Gasteiger charge is 2.20. The summed E-state index contributed by atoms with van der Waals surface area (Å²) in [6.45, 7) is 2.00. The van der Waals surface area contributed by atoms with E-state index in [1.165, 1.54) is 41.6 Å². The van der Waals surface area contributed by atoms with Crippen LogP contribution in [0.2, 0.25) is 0 Å². The normalized spacial score (nSPS) is 17.0. The first-order chi connectivity index (χ1) is 13.8. The second-order valence-corrected chi connectivity index (χ2v) is 7.76. The Labute approximate surface area is 168 Å². The minimum Gasteiger partial charge on any atom is -0.493 e. The van der Waals surface area contributed by atoms with Crippen molar-refractivity contribution in [3.63, 3.8) is 0 Å². The van der Waals surface area contributed by atoms with E-state index in [0.717, 1.165) is 25.2 Å². The molecule has 0 bridgehead atoms. The van der Waals surface area contributed by atoms with Crippen LogP contribution < -0.4 is 4.74 Å². The second-order valence-electron chi connectivity index (χ2n) is 7.76. The fraction of sp³-hybridized carbons (Fsp3) is 0.308. The van der Waals surface area contributed by atoms with Crippen LogP contribution in [-0.2, 0) is 6.42 Å². The van der Waals surface area contributed by atoms with Gasteiger partial charge in [0.25, 0.3) is 0 Å². The Morgan fingerprint density at radius 3 is 2.36 bits per heavy atom. The first kappa shape index (κ1) is 18.8. The minimum absolute atomic E-state index is 0.668. The summed E-state index contributed by atoms with van der Waals surface area (Å²) in [5.41, 5.74) is 5.06. The molecule has 2 nitrogen and oxygen atoms in total. The molecule has 1 aliphatic heterocycles. The Bertz CT molecular complexity index is 875. The SMILES string of the molecule is CN1CCCC1CCOc1ccc(-c2ccccc2)cc1Cc1ccccc1. The molecular weight excluding hydrogens is 342 g/mol. The zero-order valence-corrected chi connectivity index (χ0v) is 16.7. The van der Waals surface area contributed by atoms with Crippen molar-refractivity contribution in [3.8, 4) is 16.9 Å². The number of likely N-dealkylation sites (tertiary alicyclic amines) is 1. The minimum atomic E-state index is 0.668. The van der Waals surface area contributed by atoms with E-state index in [2.05, 4.69) is 90.8 Å². The molecule has 1 atom stereocenters. The molecule has 4 rings (SSSR count). The largest absolute Gasteiger partial charge is 0.493 e. The Kier molecular flexibility index (Phi) is 6.08. The monoisotopic (exact) mass is 371 g/mol. The van der Waals surface area contributed by atoms with Gasteiger partial charge in [-0.15, -0.1) is 0 Å². The molecule has 0 amide bonds. The van der Waals surface area contributed by atoms with Crippen molar-refractivity contribution in [2.75, 3.05) is 20.2 Å². The second kappa shape index (κ2) is 9.07. The molecule has 0 N–H and O–H groups in total. The quantitative estimate of drug-likeness (QED) is 0.520. The van der Waals surface area contributed by atoms with Gasteiger partial charge in [0.05, 0.1) is 6.61 Å². The van der Waals surface area contributed by atoms with Crippen LogP contribution in [0, 0.1) is 0 Å². The molecule has 0 aliphatic carbocycles. The van der Waals surface area contributed by atoms with E-state index in [-0.39, 0.29) is 0 Å². The number of rotatable bonds is 7. The lowest BCUT2D eigenvalue weighted by Gasteiger charge is -2.20. The van der Waals surface area contributed by atoms with Gasteiger partial charge in [-0.25, -0.2) is 0 Å². The van der Waals surface area contributed by atoms with Crippen LogP contribution in [0.3, 0.4) is 0 Å². The highest BCUT2D eigenvalue weighted by atomic mass is 16.5. The van der Waals surface area contributed by atoms with Gasteiger partial charge in [-0.2, -0.15) is 0 Å². The van der Waals surface area contributed by atoms with E-state index in [1.54, 1.807) is 0 Å². The Morgan fingerprint density at radius 1 is 0.893 bits per heavy atom. The van der Waals surface area contributed by atoms with Crippen molar-refractivity contribution in [3.05, 3.63) is 90.0 Å². The van der Waals surface area contributed by atoms with Crippen LogP contribution >= 0.6 is 0 Å². The van der Waals surface area contributed by atoms with Gasteiger partial charge in [0, 0.05) is 12.5 Å². The Morgan fingerprint density at radius 2 is 1.64 bits per heavy atom. The van der Waals surface area contributed by atoms with Crippen LogP contribution in [0.1, 0.15) is 30.4 Å². The molecule has 28 heavy (non-hydrogen) atoms. The lowest BCUT2D eigenvalue weighted by Crippen LogP contribution is -2.26. The number of hydrogen-bond donors (Lipinski definition) is 0. The first-order valence-corrected chi connectivity index (χ1v) is 10.3. The van der Waals surface area contributed by atoms with Crippen molar-refractivity contribution >= 4 is 0 Å².